The lowest BCUT2D eigenvalue weighted by atomic mass is 10.1. The third-order valence-corrected chi connectivity index (χ3v) is 3.36. The van der Waals surface area contributed by atoms with Crippen molar-refractivity contribution in [3.05, 3.63) is 35.9 Å². The summed E-state index contributed by atoms with van der Waals surface area (Å²) in [6.07, 6.45) is 5.08. The zero-order valence-corrected chi connectivity index (χ0v) is 13.6. The molecule has 0 aliphatic carbocycles. The molecule has 0 saturated carbocycles. The van der Waals surface area contributed by atoms with Gasteiger partial charge in [-0.15, -0.1) is 0 Å². The van der Waals surface area contributed by atoms with Gasteiger partial charge in [0.1, 0.15) is 6.54 Å². The van der Waals surface area contributed by atoms with Crippen LogP contribution >= 0.6 is 0 Å². The number of amides is 4. The Kier molecular flexibility index (Phi) is 8.42. The number of carbonyl (C=O) groups excluding carboxylic acids is 3. The maximum Gasteiger partial charge on any atom is 0.324 e. The molecular weight excluding hydrogens is 294 g/mol. The number of nitrogens with two attached hydrogens (primary N) is 1. The third kappa shape index (κ3) is 7.99. The number of hydrogen-bond acceptors (Lipinski definition) is 3. The van der Waals surface area contributed by atoms with Gasteiger partial charge in [0.2, 0.25) is 11.8 Å². The highest BCUT2D eigenvalue weighted by Gasteiger charge is 2.26. The van der Waals surface area contributed by atoms with E-state index < -0.39 is 0 Å². The van der Waals surface area contributed by atoms with E-state index >= 15 is 0 Å². The summed E-state index contributed by atoms with van der Waals surface area (Å²) in [5.74, 6) is -0.406. The van der Waals surface area contributed by atoms with Crippen LogP contribution in [-0.4, -0.2) is 29.3 Å². The quantitative estimate of drug-likeness (QED) is 0.596. The normalized spacial score (nSPS) is 13.3. The molecular formula is C17H25N3O3. The molecule has 1 aliphatic heterocycles. The average Bonchev–Trinajstić information content (AvgIpc) is 2.83. The number of rotatable bonds is 7. The second kappa shape index (κ2) is 10.4. The molecule has 3 N–H and O–H groups in total. The predicted molar refractivity (Wildman–Crippen MR) is 88.3 cm³/mol. The number of imide groups is 1. The number of carbonyl (C=O) groups is 3. The summed E-state index contributed by atoms with van der Waals surface area (Å²) in [6, 6.07) is 9.28. The van der Waals surface area contributed by atoms with E-state index in [9.17, 15) is 14.4 Å². The van der Waals surface area contributed by atoms with Crippen LogP contribution < -0.4 is 11.1 Å². The van der Waals surface area contributed by atoms with Gasteiger partial charge in [0.25, 0.3) is 0 Å². The van der Waals surface area contributed by atoms with Crippen molar-refractivity contribution in [3.63, 3.8) is 0 Å². The summed E-state index contributed by atoms with van der Waals surface area (Å²) in [6.45, 7) is 2.79. The lowest BCUT2D eigenvalue weighted by Gasteiger charge is -2.12. The van der Waals surface area contributed by atoms with Crippen LogP contribution in [0.5, 0.6) is 0 Å². The van der Waals surface area contributed by atoms with Crippen molar-refractivity contribution in [2.45, 2.75) is 45.6 Å². The van der Waals surface area contributed by atoms with Gasteiger partial charge in [0.15, 0.2) is 0 Å². The number of nitrogens with zero attached hydrogens (tertiary/aromatic N) is 1. The number of primary amides is 1. The van der Waals surface area contributed by atoms with Crippen molar-refractivity contribution in [3.8, 4) is 0 Å². The van der Waals surface area contributed by atoms with Gasteiger partial charge in [-0.3, -0.25) is 14.9 Å². The van der Waals surface area contributed by atoms with E-state index in [2.05, 4.69) is 12.2 Å². The highest BCUT2D eigenvalue weighted by molar-refractivity contribution is 6.01. The fraction of sp³-hybridized carbons (Fsp3) is 0.471. The molecule has 23 heavy (non-hydrogen) atoms. The molecule has 0 atom stereocenters. The van der Waals surface area contributed by atoms with Crippen LogP contribution in [0.3, 0.4) is 0 Å². The zero-order chi connectivity index (χ0) is 17.1. The molecule has 4 amide bonds. The zero-order valence-electron chi connectivity index (χ0n) is 13.6. The van der Waals surface area contributed by atoms with Gasteiger partial charge >= 0.3 is 6.03 Å². The smallest absolute Gasteiger partial charge is 0.324 e. The first-order chi connectivity index (χ1) is 11.0. The van der Waals surface area contributed by atoms with Crippen molar-refractivity contribution in [1.29, 1.82) is 0 Å². The molecule has 6 heteroatoms. The summed E-state index contributed by atoms with van der Waals surface area (Å²) < 4.78 is 0. The Morgan fingerprint density at radius 3 is 2.39 bits per heavy atom. The van der Waals surface area contributed by atoms with E-state index in [0.717, 1.165) is 18.4 Å². The van der Waals surface area contributed by atoms with Crippen LogP contribution in [0, 0.1) is 0 Å². The topological polar surface area (TPSA) is 92.5 Å². The standard InChI is InChI=1S/C10H10N2O2.C7H15NO/c13-9-7-12(10(14)11-9)6-8-4-2-1-3-5-8;1-2-3-4-5-6-7(8)9/h1-5H,6-7H2,(H,11,13,14);2-6H2,1H3,(H2,8,9). The molecule has 6 nitrogen and oxygen atoms in total. The molecule has 1 fully saturated rings. The van der Waals surface area contributed by atoms with Crippen molar-refractivity contribution < 1.29 is 14.4 Å². The summed E-state index contributed by atoms with van der Waals surface area (Å²) in [7, 11) is 0. The monoisotopic (exact) mass is 319 g/mol. The molecule has 0 bridgehead atoms. The highest BCUT2D eigenvalue weighted by Crippen LogP contribution is 2.07. The maximum atomic E-state index is 11.2. The molecule has 0 spiro atoms. The number of unbranched alkanes of at least 4 members (excludes halogenated alkanes) is 3. The van der Waals surface area contributed by atoms with Crippen LogP contribution in [0.1, 0.15) is 44.6 Å². The predicted octanol–water partition coefficient (Wildman–Crippen LogP) is 2.18. The fourth-order valence-corrected chi connectivity index (χ4v) is 2.14. The summed E-state index contributed by atoms with van der Waals surface area (Å²) in [5.41, 5.74) is 5.96. The Labute approximate surface area is 137 Å². The van der Waals surface area contributed by atoms with Gasteiger partial charge in [0.05, 0.1) is 0 Å². The summed E-state index contributed by atoms with van der Waals surface area (Å²) in [5, 5.41) is 2.24. The van der Waals surface area contributed by atoms with E-state index in [1.165, 1.54) is 17.7 Å². The molecule has 0 aromatic heterocycles. The molecule has 2 rings (SSSR count). The number of benzene rings is 1. The van der Waals surface area contributed by atoms with E-state index in [4.69, 9.17) is 5.73 Å². The molecule has 1 aromatic carbocycles. The highest BCUT2D eigenvalue weighted by atomic mass is 16.2. The van der Waals surface area contributed by atoms with Gasteiger partial charge in [-0.2, -0.15) is 0 Å². The van der Waals surface area contributed by atoms with Crippen LogP contribution in [0.15, 0.2) is 30.3 Å². The first-order valence-electron chi connectivity index (χ1n) is 7.94. The van der Waals surface area contributed by atoms with E-state index in [-0.39, 0.29) is 24.4 Å². The Balaban J connectivity index is 0.000000257. The lowest BCUT2D eigenvalue weighted by molar-refractivity contribution is -0.119. The van der Waals surface area contributed by atoms with Crippen molar-refractivity contribution in [1.82, 2.24) is 10.2 Å². The molecule has 1 saturated heterocycles. The second-order valence-corrected chi connectivity index (χ2v) is 5.47. The first kappa shape index (κ1) is 18.7. The second-order valence-electron chi connectivity index (χ2n) is 5.47. The summed E-state index contributed by atoms with van der Waals surface area (Å²) in [4.78, 5) is 33.7. The van der Waals surface area contributed by atoms with Gasteiger partial charge in [0, 0.05) is 13.0 Å². The van der Waals surface area contributed by atoms with Gasteiger partial charge in [-0.25, -0.2) is 4.79 Å². The molecule has 126 valence electrons. The minimum absolute atomic E-state index is 0.160. The third-order valence-electron chi connectivity index (χ3n) is 3.36. The average molecular weight is 319 g/mol. The van der Waals surface area contributed by atoms with Crippen molar-refractivity contribution in [2.75, 3.05) is 6.54 Å². The van der Waals surface area contributed by atoms with Crippen molar-refractivity contribution >= 4 is 17.8 Å². The fourth-order valence-electron chi connectivity index (χ4n) is 2.14. The van der Waals surface area contributed by atoms with Gasteiger partial charge in [-0.1, -0.05) is 56.5 Å². The van der Waals surface area contributed by atoms with Crippen LogP contribution in [0.25, 0.3) is 0 Å². The Hall–Kier alpha value is -2.37. The molecule has 0 unspecified atom stereocenters. The maximum absolute atomic E-state index is 11.2. The summed E-state index contributed by atoms with van der Waals surface area (Å²) >= 11 is 0. The molecule has 0 radical (unpaired) electrons. The van der Waals surface area contributed by atoms with E-state index in [1.807, 2.05) is 30.3 Å². The molecule has 1 heterocycles. The largest absolute Gasteiger partial charge is 0.370 e. The number of hydrogen-bond donors (Lipinski definition) is 2. The Bertz CT molecular complexity index is 517. The molecule has 1 aliphatic rings. The van der Waals surface area contributed by atoms with E-state index in [1.54, 1.807) is 0 Å². The van der Waals surface area contributed by atoms with Crippen LogP contribution in [0.4, 0.5) is 4.79 Å². The Morgan fingerprint density at radius 2 is 1.87 bits per heavy atom. The minimum atomic E-state index is -0.307. The number of nitrogens with one attached hydrogen (secondary N) is 1. The van der Waals surface area contributed by atoms with Crippen LogP contribution in [-0.2, 0) is 16.1 Å². The lowest BCUT2D eigenvalue weighted by Crippen LogP contribution is -2.27. The van der Waals surface area contributed by atoms with Crippen LogP contribution in [0.2, 0.25) is 0 Å². The van der Waals surface area contributed by atoms with E-state index in [0.29, 0.717) is 13.0 Å². The minimum Gasteiger partial charge on any atom is -0.370 e. The Morgan fingerprint density at radius 1 is 1.17 bits per heavy atom. The van der Waals surface area contributed by atoms with Gasteiger partial charge < -0.3 is 10.6 Å². The van der Waals surface area contributed by atoms with Gasteiger partial charge in [-0.05, 0) is 12.0 Å². The molecule has 1 aromatic rings. The van der Waals surface area contributed by atoms with Crippen molar-refractivity contribution in [2.24, 2.45) is 5.73 Å². The number of urea groups is 1. The first-order valence-corrected chi connectivity index (χ1v) is 7.94. The SMILES string of the molecule is CCCCCCC(N)=O.O=C1CN(Cc2ccccc2)C(=O)N1.